The Kier molecular flexibility index (Phi) is 4.57. The van der Waals surface area contributed by atoms with Crippen molar-refractivity contribution in [3.8, 4) is 6.07 Å². The van der Waals surface area contributed by atoms with Crippen LogP contribution < -0.4 is 5.32 Å². The largest absolute Gasteiger partial charge is 0.300 e. The molecule has 1 aliphatic rings. The average Bonchev–Trinajstić information content (AvgIpc) is 2.14. The van der Waals surface area contributed by atoms with Gasteiger partial charge in [0.15, 0.2) is 0 Å². The predicted octanol–water partition coefficient (Wildman–Crippen LogP) is 2.39. The molecule has 1 aliphatic heterocycles. The van der Waals surface area contributed by atoms with Crippen molar-refractivity contribution in [2.45, 2.75) is 59.0 Å². The summed E-state index contributed by atoms with van der Waals surface area (Å²) in [7, 11) is 0. The van der Waals surface area contributed by atoms with Crippen molar-refractivity contribution in [3.63, 3.8) is 0 Å². The molecule has 0 amide bonds. The van der Waals surface area contributed by atoms with E-state index >= 15 is 0 Å². The van der Waals surface area contributed by atoms with E-state index in [4.69, 9.17) is 0 Å². The van der Waals surface area contributed by atoms with Gasteiger partial charge >= 0.3 is 0 Å². The van der Waals surface area contributed by atoms with E-state index in [1.54, 1.807) is 0 Å². The summed E-state index contributed by atoms with van der Waals surface area (Å²) in [6, 6.07) is 2.78. The van der Waals surface area contributed by atoms with Gasteiger partial charge in [0, 0.05) is 19.1 Å². The molecule has 1 N–H and O–H groups in total. The maximum absolute atomic E-state index is 9.36. The number of likely N-dealkylation sites (tertiary alicyclic amines) is 1. The Morgan fingerprint density at radius 2 is 2.12 bits per heavy atom. The van der Waals surface area contributed by atoms with Gasteiger partial charge in [0.2, 0.25) is 0 Å². The van der Waals surface area contributed by atoms with Crippen LogP contribution in [0.25, 0.3) is 0 Å². The van der Waals surface area contributed by atoms with Crippen molar-refractivity contribution in [2.24, 2.45) is 5.41 Å². The third kappa shape index (κ3) is 4.65. The number of nitrogens with zero attached hydrogens (tertiary/aromatic N) is 2. The molecule has 1 atom stereocenters. The van der Waals surface area contributed by atoms with Crippen molar-refractivity contribution in [3.05, 3.63) is 0 Å². The van der Waals surface area contributed by atoms with Crippen LogP contribution in [0.15, 0.2) is 0 Å². The molecule has 0 saturated carbocycles. The number of nitrogens with one attached hydrogen (secondary N) is 1. The molecule has 17 heavy (non-hydrogen) atoms. The van der Waals surface area contributed by atoms with Crippen LogP contribution >= 0.6 is 0 Å². The van der Waals surface area contributed by atoms with Crippen LogP contribution in [0.3, 0.4) is 0 Å². The first-order chi connectivity index (χ1) is 7.76. The lowest BCUT2D eigenvalue weighted by Gasteiger charge is -2.41. The van der Waals surface area contributed by atoms with Crippen LogP contribution in [0.4, 0.5) is 0 Å². The van der Waals surface area contributed by atoms with E-state index in [1.165, 1.54) is 12.8 Å². The summed E-state index contributed by atoms with van der Waals surface area (Å²) in [6.07, 6.45) is 2.54. The summed E-state index contributed by atoms with van der Waals surface area (Å²) >= 11 is 0. The standard InChI is InChI=1S/C14H27N3/c1-12(2)16-14(5,9-15)11-17-8-6-7-13(3,4)10-17/h12,16H,6-8,10-11H2,1-5H3. The molecule has 0 spiro atoms. The van der Waals surface area contributed by atoms with Crippen molar-refractivity contribution in [2.75, 3.05) is 19.6 Å². The molecule has 3 heteroatoms. The average molecular weight is 237 g/mol. The van der Waals surface area contributed by atoms with E-state index in [0.717, 1.165) is 19.6 Å². The second-order valence-corrected chi connectivity index (χ2v) is 6.72. The highest BCUT2D eigenvalue weighted by molar-refractivity contribution is 5.07. The van der Waals surface area contributed by atoms with Gasteiger partial charge in [-0.1, -0.05) is 13.8 Å². The van der Waals surface area contributed by atoms with Crippen molar-refractivity contribution in [1.82, 2.24) is 10.2 Å². The SMILES string of the molecule is CC(C)NC(C)(C#N)CN1CCCC(C)(C)C1. The van der Waals surface area contributed by atoms with Gasteiger partial charge in [-0.2, -0.15) is 5.26 Å². The maximum Gasteiger partial charge on any atom is 0.116 e. The fraction of sp³-hybridized carbons (Fsp3) is 0.929. The van der Waals surface area contributed by atoms with Crippen LogP contribution in [-0.4, -0.2) is 36.1 Å². The molecular weight excluding hydrogens is 210 g/mol. The Bertz CT molecular complexity index is 290. The van der Waals surface area contributed by atoms with E-state index in [2.05, 4.69) is 44.0 Å². The summed E-state index contributed by atoms with van der Waals surface area (Å²) in [4.78, 5) is 2.43. The third-order valence-corrected chi connectivity index (χ3v) is 3.37. The fourth-order valence-electron chi connectivity index (χ4n) is 2.88. The van der Waals surface area contributed by atoms with E-state index < -0.39 is 5.54 Å². The van der Waals surface area contributed by atoms with Crippen LogP contribution in [0.2, 0.25) is 0 Å². The molecule has 0 bridgehead atoms. The topological polar surface area (TPSA) is 39.1 Å². The second kappa shape index (κ2) is 5.37. The minimum absolute atomic E-state index is 0.345. The first kappa shape index (κ1) is 14.5. The molecule has 0 aliphatic carbocycles. The molecule has 1 fully saturated rings. The molecule has 98 valence electrons. The Labute approximate surface area is 106 Å². The highest BCUT2D eigenvalue weighted by atomic mass is 15.2. The summed E-state index contributed by atoms with van der Waals surface area (Å²) in [5, 5.41) is 12.7. The quantitative estimate of drug-likeness (QED) is 0.816. The molecule has 1 unspecified atom stereocenters. The zero-order chi connectivity index (χ0) is 13.1. The van der Waals surface area contributed by atoms with Crippen LogP contribution in [0.1, 0.15) is 47.5 Å². The van der Waals surface area contributed by atoms with E-state index in [9.17, 15) is 5.26 Å². The highest BCUT2D eigenvalue weighted by Crippen LogP contribution is 2.29. The van der Waals surface area contributed by atoms with E-state index in [0.29, 0.717) is 11.5 Å². The zero-order valence-electron chi connectivity index (χ0n) is 12.0. The van der Waals surface area contributed by atoms with Gasteiger partial charge in [0.25, 0.3) is 0 Å². The lowest BCUT2D eigenvalue weighted by atomic mass is 9.83. The predicted molar refractivity (Wildman–Crippen MR) is 71.7 cm³/mol. The Hall–Kier alpha value is -0.590. The fourth-order valence-corrected chi connectivity index (χ4v) is 2.88. The Morgan fingerprint density at radius 3 is 2.59 bits per heavy atom. The number of rotatable bonds is 4. The molecule has 0 radical (unpaired) electrons. The Morgan fingerprint density at radius 1 is 1.47 bits per heavy atom. The minimum atomic E-state index is -0.429. The number of hydrogen-bond donors (Lipinski definition) is 1. The molecule has 0 aromatic carbocycles. The maximum atomic E-state index is 9.36. The molecule has 3 nitrogen and oxygen atoms in total. The summed E-state index contributed by atoms with van der Waals surface area (Å²) in [5.74, 6) is 0. The van der Waals surface area contributed by atoms with Gasteiger partial charge < -0.3 is 0 Å². The van der Waals surface area contributed by atoms with Crippen LogP contribution in [0, 0.1) is 16.7 Å². The van der Waals surface area contributed by atoms with Gasteiger partial charge in [0.1, 0.15) is 5.54 Å². The molecular formula is C14H27N3. The lowest BCUT2D eigenvalue weighted by Crippen LogP contribution is -2.55. The van der Waals surface area contributed by atoms with Gasteiger partial charge in [-0.3, -0.25) is 10.2 Å². The summed E-state index contributed by atoms with van der Waals surface area (Å²) in [6.45, 7) is 13.9. The molecule has 1 saturated heterocycles. The van der Waals surface area contributed by atoms with E-state index in [1.807, 2.05) is 6.92 Å². The normalized spacial score (nSPS) is 24.3. The van der Waals surface area contributed by atoms with E-state index in [-0.39, 0.29) is 0 Å². The van der Waals surface area contributed by atoms with Gasteiger partial charge in [-0.25, -0.2) is 0 Å². The van der Waals surface area contributed by atoms with Gasteiger partial charge in [-0.05, 0) is 45.6 Å². The molecule has 1 heterocycles. The Balaban J connectivity index is 2.59. The molecule has 0 aromatic rings. The highest BCUT2D eigenvalue weighted by Gasteiger charge is 2.32. The number of nitriles is 1. The second-order valence-electron chi connectivity index (χ2n) is 6.72. The lowest BCUT2D eigenvalue weighted by molar-refractivity contribution is 0.0979. The third-order valence-electron chi connectivity index (χ3n) is 3.37. The summed E-state index contributed by atoms with van der Waals surface area (Å²) < 4.78 is 0. The molecule has 1 rings (SSSR count). The number of hydrogen-bond acceptors (Lipinski definition) is 3. The monoisotopic (exact) mass is 237 g/mol. The first-order valence-corrected chi connectivity index (χ1v) is 6.68. The van der Waals surface area contributed by atoms with Gasteiger partial charge in [-0.15, -0.1) is 0 Å². The van der Waals surface area contributed by atoms with Gasteiger partial charge in [0.05, 0.1) is 6.07 Å². The zero-order valence-corrected chi connectivity index (χ0v) is 12.0. The summed E-state index contributed by atoms with van der Waals surface area (Å²) in [5.41, 5.74) is -0.0337. The van der Waals surface area contributed by atoms with Crippen molar-refractivity contribution in [1.29, 1.82) is 5.26 Å². The first-order valence-electron chi connectivity index (χ1n) is 6.68. The van der Waals surface area contributed by atoms with Crippen LogP contribution in [0.5, 0.6) is 0 Å². The van der Waals surface area contributed by atoms with Crippen LogP contribution in [-0.2, 0) is 0 Å². The minimum Gasteiger partial charge on any atom is -0.300 e. The van der Waals surface area contributed by atoms with Crippen molar-refractivity contribution < 1.29 is 0 Å². The smallest absolute Gasteiger partial charge is 0.116 e. The molecule has 0 aromatic heterocycles. The number of piperidine rings is 1. The van der Waals surface area contributed by atoms with Crippen molar-refractivity contribution >= 4 is 0 Å².